The lowest BCUT2D eigenvalue weighted by atomic mass is 10.1. The van der Waals surface area contributed by atoms with Gasteiger partial charge in [0, 0.05) is 4.47 Å². The molecule has 2 aromatic carbocycles. The normalized spacial score (nSPS) is 10.2. The highest BCUT2D eigenvalue weighted by Gasteiger charge is 2.05. The van der Waals surface area contributed by atoms with E-state index in [-0.39, 0.29) is 19.2 Å². The highest BCUT2D eigenvalue weighted by molar-refractivity contribution is 9.10. The van der Waals surface area contributed by atoms with E-state index in [9.17, 15) is 4.79 Å². The summed E-state index contributed by atoms with van der Waals surface area (Å²) < 4.78 is 11.6. The van der Waals surface area contributed by atoms with Gasteiger partial charge in [-0.15, -0.1) is 0 Å². The van der Waals surface area contributed by atoms with Crippen LogP contribution in [-0.4, -0.2) is 12.6 Å². The Morgan fingerprint density at radius 3 is 2.43 bits per heavy atom. The van der Waals surface area contributed by atoms with Crippen LogP contribution in [-0.2, 0) is 16.1 Å². The lowest BCUT2D eigenvalue weighted by Gasteiger charge is -2.08. The molecule has 110 valence electrons. The largest absolute Gasteiger partial charge is 0.482 e. The lowest BCUT2D eigenvalue weighted by molar-refractivity contribution is -0.147. The molecule has 0 spiro atoms. The van der Waals surface area contributed by atoms with E-state index in [0.29, 0.717) is 5.75 Å². The average Bonchev–Trinajstić information content (AvgIpc) is 2.48. The summed E-state index contributed by atoms with van der Waals surface area (Å²) in [6, 6.07) is 13.4. The van der Waals surface area contributed by atoms with Gasteiger partial charge in [-0.25, -0.2) is 4.79 Å². The molecule has 0 heterocycles. The summed E-state index contributed by atoms with van der Waals surface area (Å²) in [5.74, 6) is 0.301. The average molecular weight is 349 g/mol. The van der Waals surface area contributed by atoms with Gasteiger partial charge in [0.05, 0.1) is 0 Å². The van der Waals surface area contributed by atoms with Crippen LogP contribution in [0, 0.1) is 13.8 Å². The van der Waals surface area contributed by atoms with E-state index in [0.717, 1.165) is 15.6 Å². The molecule has 2 rings (SSSR count). The molecule has 0 amide bonds. The van der Waals surface area contributed by atoms with Crippen LogP contribution in [0.15, 0.2) is 46.9 Å². The molecule has 2 aromatic rings. The van der Waals surface area contributed by atoms with Gasteiger partial charge in [-0.3, -0.25) is 0 Å². The monoisotopic (exact) mass is 348 g/mol. The van der Waals surface area contributed by atoms with E-state index in [2.05, 4.69) is 15.9 Å². The zero-order valence-corrected chi connectivity index (χ0v) is 13.6. The van der Waals surface area contributed by atoms with Gasteiger partial charge in [0.1, 0.15) is 12.4 Å². The van der Waals surface area contributed by atoms with Crippen LogP contribution < -0.4 is 4.74 Å². The summed E-state index contributed by atoms with van der Waals surface area (Å²) in [6.45, 7) is 4.21. The molecule has 4 heteroatoms. The predicted octanol–water partition coefficient (Wildman–Crippen LogP) is 4.19. The molecule has 0 radical (unpaired) electrons. The van der Waals surface area contributed by atoms with Gasteiger partial charge in [-0.2, -0.15) is 0 Å². The molecule has 21 heavy (non-hydrogen) atoms. The first-order valence-electron chi connectivity index (χ1n) is 6.65. The molecule has 0 aliphatic carbocycles. The molecule has 0 atom stereocenters. The van der Waals surface area contributed by atoms with E-state index in [1.165, 1.54) is 5.56 Å². The number of hydrogen-bond donors (Lipinski definition) is 0. The van der Waals surface area contributed by atoms with Crippen molar-refractivity contribution in [3.63, 3.8) is 0 Å². The zero-order chi connectivity index (χ0) is 15.2. The number of aryl methyl sites for hydroxylation is 2. The maximum Gasteiger partial charge on any atom is 0.344 e. The fourth-order valence-electron chi connectivity index (χ4n) is 1.73. The van der Waals surface area contributed by atoms with Gasteiger partial charge >= 0.3 is 5.97 Å². The summed E-state index contributed by atoms with van der Waals surface area (Å²) >= 11 is 3.36. The minimum absolute atomic E-state index is 0.0843. The Balaban J connectivity index is 1.79. The van der Waals surface area contributed by atoms with Crippen LogP contribution in [0.3, 0.4) is 0 Å². The number of benzene rings is 2. The number of hydrogen-bond acceptors (Lipinski definition) is 3. The van der Waals surface area contributed by atoms with Crippen molar-refractivity contribution in [1.82, 2.24) is 0 Å². The van der Waals surface area contributed by atoms with Gasteiger partial charge in [0.2, 0.25) is 0 Å². The third-order valence-corrected chi connectivity index (χ3v) is 3.68. The van der Waals surface area contributed by atoms with Crippen molar-refractivity contribution in [2.24, 2.45) is 0 Å². The van der Waals surface area contributed by atoms with E-state index in [1.54, 1.807) is 0 Å². The van der Waals surface area contributed by atoms with E-state index < -0.39 is 0 Å². The minimum atomic E-state index is -0.379. The molecule has 0 aliphatic rings. The van der Waals surface area contributed by atoms with Crippen molar-refractivity contribution in [3.05, 3.63) is 63.6 Å². The second-order valence-electron chi connectivity index (χ2n) is 4.82. The quantitative estimate of drug-likeness (QED) is 0.760. The van der Waals surface area contributed by atoms with Crippen molar-refractivity contribution in [2.45, 2.75) is 20.5 Å². The summed E-state index contributed by atoms with van der Waals surface area (Å²) in [7, 11) is 0. The van der Waals surface area contributed by atoms with Gasteiger partial charge in [-0.05, 0) is 54.8 Å². The van der Waals surface area contributed by atoms with Gasteiger partial charge in [0.15, 0.2) is 6.61 Å². The Kier molecular flexibility index (Phi) is 5.39. The summed E-state index contributed by atoms with van der Waals surface area (Å²) in [5, 5.41) is 0. The maximum atomic E-state index is 11.7. The van der Waals surface area contributed by atoms with E-state index in [1.807, 2.05) is 56.3 Å². The lowest BCUT2D eigenvalue weighted by Crippen LogP contribution is -2.14. The number of rotatable bonds is 5. The molecule has 0 bridgehead atoms. The Hall–Kier alpha value is -1.81. The second-order valence-corrected chi connectivity index (χ2v) is 5.74. The molecular formula is C17H17BrO3. The standard InChI is InChI=1S/C17H17BrO3/c1-12-3-8-16(9-13(12)2)20-11-17(19)21-10-14-4-6-15(18)7-5-14/h3-9H,10-11H2,1-2H3. The predicted molar refractivity (Wildman–Crippen MR) is 85.3 cm³/mol. The molecule has 0 saturated heterocycles. The van der Waals surface area contributed by atoms with Crippen LogP contribution in [0.25, 0.3) is 0 Å². The Bertz CT molecular complexity index is 620. The third kappa shape index (κ3) is 4.90. The fraction of sp³-hybridized carbons (Fsp3) is 0.235. The summed E-state index contributed by atoms with van der Waals surface area (Å²) in [4.78, 5) is 11.7. The SMILES string of the molecule is Cc1ccc(OCC(=O)OCc2ccc(Br)cc2)cc1C. The third-order valence-electron chi connectivity index (χ3n) is 3.15. The molecular weight excluding hydrogens is 332 g/mol. The van der Waals surface area contributed by atoms with Crippen molar-refractivity contribution < 1.29 is 14.3 Å². The zero-order valence-electron chi connectivity index (χ0n) is 12.1. The van der Waals surface area contributed by atoms with Crippen LogP contribution >= 0.6 is 15.9 Å². The molecule has 0 aromatic heterocycles. The van der Waals surface area contributed by atoms with Crippen molar-refractivity contribution in [2.75, 3.05) is 6.61 Å². The summed E-state index contributed by atoms with van der Waals surface area (Å²) in [6.07, 6.45) is 0. The number of halogens is 1. The van der Waals surface area contributed by atoms with Gasteiger partial charge < -0.3 is 9.47 Å². The topological polar surface area (TPSA) is 35.5 Å². The molecule has 0 fully saturated rings. The first kappa shape index (κ1) is 15.6. The molecule has 3 nitrogen and oxygen atoms in total. The number of carbonyl (C=O) groups excluding carboxylic acids is 1. The van der Waals surface area contributed by atoms with Crippen LogP contribution in [0.2, 0.25) is 0 Å². The Morgan fingerprint density at radius 1 is 1.05 bits per heavy atom. The van der Waals surface area contributed by atoms with Crippen LogP contribution in [0.5, 0.6) is 5.75 Å². The van der Waals surface area contributed by atoms with Gasteiger partial charge in [0.25, 0.3) is 0 Å². The number of carbonyl (C=O) groups is 1. The first-order chi connectivity index (χ1) is 10.0. The van der Waals surface area contributed by atoms with Crippen molar-refractivity contribution in [1.29, 1.82) is 0 Å². The fourth-order valence-corrected chi connectivity index (χ4v) is 2.00. The first-order valence-corrected chi connectivity index (χ1v) is 7.44. The highest BCUT2D eigenvalue weighted by Crippen LogP contribution is 2.16. The van der Waals surface area contributed by atoms with Crippen LogP contribution in [0.1, 0.15) is 16.7 Å². The maximum absolute atomic E-state index is 11.7. The molecule has 0 aliphatic heterocycles. The molecule has 0 N–H and O–H groups in total. The number of ether oxygens (including phenoxy) is 2. The minimum Gasteiger partial charge on any atom is -0.482 e. The van der Waals surface area contributed by atoms with E-state index >= 15 is 0 Å². The highest BCUT2D eigenvalue weighted by atomic mass is 79.9. The van der Waals surface area contributed by atoms with Gasteiger partial charge in [-0.1, -0.05) is 34.1 Å². The van der Waals surface area contributed by atoms with Crippen LogP contribution in [0.4, 0.5) is 0 Å². The summed E-state index contributed by atoms with van der Waals surface area (Å²) in [5.41, 5.74) is 3.27. The molecule has 0 unspecified atom stereocenters. The van der Waals surface area contributed by atoms with Crippen molar-refractivity contribution in [3.8, 4) is 5.75 Å². The molecule has 0 saturated carbocycles. The smallest absolute Gasteiger partial charge is 0.344 e. The van der Waals surface area contributed by atoms with Crippen molar-refractivity contribution >= 4 is 21.9 Å². The second kappa shape index (κ2) is 7.27. The number of esters is 1. The Morgan fingerprint density at radius 2 is 1.76 bits per heavy atom. The van der Waals surface area contributed by atoms with E-state index in [4.69, 9.17) is 9.47 Å². The Labute approximate surface area is 133 Å².